The van der Waals surface area contributed by atoms with E-state index in [1.54, 1.807) is 0 Å². The Morgan fingerprint density at radius 1 is 1.62 bits per heavy atom. The van der Waals surface area contributed by atoms with Crippen molar-refractivity contribution in [1.82, 2.24) is 5.32 Å². The Morgan fingerprint density at radius 2 is 2.38 bits per heavy atom. The van der Waals surface area contributed by atoms with E-state index >= 15 is 0 Å². The first-order valence-electron chi connectivity index (χ1n) is 5.65. The molecule has 2 N–H and O–H groups in total. The van der Waals surface area contributed by atoms with E-state index in [0.717, 1.165) is 6.42 Å². The van der Waals surface area contributed by atoms with Crippen LogP contribution in [0.3, 0.4) is 0 Å². The number of nitrogens with one attached hydrogen (secondary N) is 1. The van der Waals surface area contributed by atoms with Crippen molar-refractivity contribution >= 4 is 11.9 Å². The first-order chi connectivity index (χ1) is 7.67. The summed E-state index contributed by atoms with van der Waals surface area (Å²) in [5.74, 6) is -0.382. The van der Waals surface area contributed by atoms with Gasteiger partial charge in [0.15, 0.2) is 0 Å². The minimum absolute atomic E-state index is 0.0282. The summed E-state index contributed by atoms with van der Waals surface area (Å²) in [6, 6.07) is -0.497. The average Bonchev–Trinajstić information content (AvgIpc) is 2.81. The number of aliphatic hydroxyl groups is 1. The van der Waals surface area contributed by atoms with Gasteiger partial charge >= 0.3 is 102 Å². The van der Waals surface area contributed by atoms with Gasteiger partial charge in [-0.2, -0.15) is 0 Å². The van der Waals surface area contributed by atoms with Crippen LogP contribution in [0.1, 0.15) is 19.3 Å². The Morgan fingerprint density at radius 3 is 2.88 bits per heavy atom. The van der Waals surface area contributed by atoms with Gasteiger partial charge in [-0.15, -0.1) is 0 Å². The molecule has 2 unspecified atom stereocenters. The molecule has 0 aromatic rings. The van der Waals surface area contributed by atoms with E-state index in [1.807, 2.05) is 0 Å². The van der Waals surface area contributed by atoms with Crippen molar-refractivity contribution in [2.75, 3.05) is 13.7 Å². The van der Waals surface area contributed by atoms with E-state index in [4.69, 9.17) is 5.11 Å². The van der Waals surface area contributed by atoms with Crippen molar-refractivity contribution < 1.29 is 36.6 Å². The summed E-state index contributed by atoms with van der Waals surface area (Å²) in [6.07, 6.45) is 2.19. The minimum atomic E-state index is -0.699. The molecular formula is C10H17NO4Zn. The van der Waals surface area contributed by atoms with Gasteiger partial charge in [0.25, 0.3) is 0 Å². The number of amides is 1. The molecule has 16 heavy (non-hydrogen) atoms. The molecule has 1 aliphatic rings. The van der Waals surface area contributed by atoms with Crippen molar-refractivity contribution in [3.63, 3.8) is 0 Å². The van der Waals surface area contributed by atoms with Gasteiger partial charge in [-0.3, -0.25) is 0 Å². The van der Waals surface area contributed by atoms with Crippen molar-refractivity contribution in [2.24, 2.45) is 0 Å². The molecule has 1 fully saturated rings. The van der Waals surface area contributed by atoms with Crippen molar-refractivity contribution in [3.05, 3.63) is 0 Å². The number of hydrogen-bond acceptors (Lipinski definition) is 4. The third-order valence-electron chi connectivity index (χ3n) is 2.93. The van der Waals surface area contributed by atoms with Gasteiger partial charge in [0.1, 0.15) is 0 Å². The van der Waals surface area contributed by atoms with Gasteiger partial charge in [-0.25, -0.2) is 0 Å². The zero-order chi connectivity index (χ0) is 12.0. The monoisotopic (exact) mass is 279 g/mol. The van der Waals surface area contributed by atoms with Gasteiger partial charge in [-0.1, -0.05) is 0 Å². The van der Waals surface area contributed by atoms with Gasteiger partial charge in [0.2, 0.25) is 0 Å². The average molecular weight is 281 g/mol. The topological polar surface area (TPSA) is 75.6 Å². The van der Waals surface area contributed by atoms with E-state index in [2.05, 4.69) is 10.1 Å². The van der Waals surface area contributed by atoms with Crippen LogP contribution in [-0.4, -0.2) is 36.7 Å². The van der Waals surface area contributed by atoms with E-state index < -0.39 is 29.1 Å². The van der Waals surface area contributed by atoms with Crippen LogP contribution in [0.4, 0.5) is 0 Å². The zero-order valence-corrected chi connectivity index (χ0v) is 12.5. The molecule has 88 valence electrons. The molecule has 0 aromatic carbocycles. The Bertz CT molecular complexity index is 253. The van der Waals surface area contributed by atoms with Crippen LogP contribution in [0.5, 0.6) is 0 Å². The molecule has 1 aliphatic heterocycles. The molecule has 1 heterocycles. The molecule has 0 saturated carbocycles. The fraction of sp³-hybridized carbons (Fsp3) is 0.800. The summed E-state index contributed by atoms with van der Waals surface area (Å²) >= 11 is -0.699. The Balaban J connectivity index is 2.36. The molecule has 1 saturated heterocycles. The number of carbonyl (C=O) groups is 2. The van der Waals surface area contributed by atoms with Crippen molar-refractivity contribution in [2.45, 2.75) is 34.8 Å². The first kappa shape index (κ1) is 13.6. The quantitative estimate of drug-likeness (QED) is 0.554. The van der Waals surface area contributed by atoms with Gasteiger partial charge < -0.3 is 0 Å². The second-order valence-electron chi connectivity index (χ2n) is 4.15. The number of aliphatic hydroxyl groups excluding tert-OH is 1. The Labute approximate surface area is 103 Å². The van der Waals surface area contributed by atoms with E-state index in [-0.39, 0.29) is 23.4 Å². The number of carbonyl (C=O) groups excluding carboxylic acids is 2. The molecule has 0 spiro atoms. The van der Waals surface area contributed by atoms with E-state index in [0.29, 0.717) is 0 Å². The molecule has 0 aliphatic carbocycles. The molecule has 0 radical (unpaired) electrons. The number of hydrogen-bond donors (Lipinski definition) is 2. The van der Waals surface area contributed by atoms with Crippen LogP contribution >= 0.6 is 0 Å². The second-order valence-corrected chi connectivity index (χ2v) is 8.91. The zero-order valence-electron chi connectivity index (χ0n) is 9.57. The third kappa shape index (κ3) is 4.18. The molecular weight excluding hydrogens is 264 g/mol. The number of methoxy groups -OCH3 is 1. The second kappa shape index (κ2) is 6.97. The molecule has 5 nitrogen and oxygen atoms in total. The van der Waals surface area contributed by atoms with Gasteiger partial charge in [0, 0.05) is 0 Å². The summed E-state index contributed by atoms with van der Waals surface area (Å²) in [7, 11) is 1.30. The first-order valence-corrected chi connectivity index (χ1v) is 9.46. The maximum atomic E-state index is 11.8. The van der Waals surface area contributed by atoms with Crippen LogP contribution in [0.25, 0.3) is 0 Å². The van der Waals surface area contributed by atoms with Crippen LogP contribution in [-0.2, 0) is 31.5 Å². The maximum absolute atomic E-state index is 11.8. The number of rotatable bonds is 5. The van der Waals surface area contributed by atoms with Crippen LogP contribution in [0.15, 0.2) is 0 Å². The summed E-state index contributed by atoms with van der Waals surface area (Å²) in [4.78, 5) is 22.8. The normalized spacial score (nSPS) is 20.5. The predicted octanol–water partition coefficient (Wildman–Crippen LogP) is 0.110. The predicted molar refractivity (Wildman–Crippen MR) is 53.4 cm³/mol. The SMILES string of the molecule is COC(=O)CC(CO)NC(=O)[CH]1CC[CH2][Zn]1. The van der Waals surface area contributed by atoms with Crippen LogP contribution in [0.2, 0.25) is 9.53 Å². The van der Waals surface area contributed by atoms with Crippen LogP contribution in [0, 0.1) is 0 Å². The molecule has 0 aromatic heterocycles. The van der Waals surface area contributed by atoms with Crippen molar-refractivity contribution in [1.29, 1.82) is 0 Å². The summed E-state index contributed by atoms with van der Waals surface area (Å²) in [6.45, 7) is -0.222. The molecule has 2 atom stereocenters. The van der Waals surface area contributed by atoms with E-state index in [1.165, 1.54) is 18.5 Å². The van der Waals surface area contributed by atoms with E-state index in [9.17, 15) is 9.59 Å². The van der Waals surface area contributed by atoms with Gasteiger partial charge in [0.05, 0.1) is 0 Å². The molecule has 1 rings (SSSR count). The Hall–Kier alpha value is -0.477. The fourth-order valence-electron chi connectivity index (χ4n) is 1.95. The fourth-order valence-corrected chi connectivity index (χ4v) is 6.21. The molecule has 1 amide bonds. The summed E-state index contributed by atoms with van der Waals surface area (Å²) < 4.78 is 4.74. The summed E-state index contributed by atoms with van der Waals surface area (Å²) in [5.41, 5.74) is 0. The number of esters is 1. The third-order valence-corrected chi connectivity index (χ3v) is 7.94. The summed E-state index contributed by atoms with van der Waals surface area (Å²) in [5, 5.41) is 13.1. The standard InChI is InChI=1S/C10H17NO4.Zn/c1-3-4-5-9(13)11-8(7-12)6-10(14)15-2;/h5,8,12H,1,3-4,6-7H2,2H3,(H,11,13);. The molecule has 0 bridgehead atoms. The molecule has 6 heteroatoms. The number of ether oxygens (including phenoxy) is 1. The van der Waals surface area contributed by atoms with Gasteiger partial charge in [-0.05, 0) is 0 Å². The van der Waals surface area contributed by atoms with Crippen LogP contribution < -0.4 is 5.32 Å². The van der Waals surface area contributed by atoms with Crippen molar-refractivity contribution in [3.8, 4) is 0 Å². The Kier molecular flexibility index (Phi) is 5.92.